The van der Waals surface area contributed by atoms with Crippen LogP contribution in [0.15, 0.2) is 0 Å². The van der Waals surface area contributed by atoms with Gasteiger partial charge in [-0.25, -0.2) is 0 Å². The minimum atomic E-state index is -0.684. The predicted molar refractivity (Wildman–Crippen MR) is 62.9 cm³/mol. The molecule has 2 saturated carbocycles. The monoisotopic (exact) mass is 225 g/mol. The van der Waals surface area contributed by atoms with Crippen LogP contribution in [0.4, 0.5) is 0 Å². The van der Waals surface area contributed by atoms with Crippen LogP contribution in [0.2, 0.25) is 0 Å². The molecule has 0 aromatic rings. The van der Waals surface area contributed by atoms with E-state index in [1.165, 1.54) is 32.8 Å². The Morgan fingerprint density at radius 3 is 2.06 bits per heavy atom. The first-order valence-corrected chi connectivity index (χ1v) is 6.18. The normalized spacial score (nSPS) is 29.5. The molecule has 0 amide bonds. The fraction of sp³-hybridized carbons (Fsp3) is 0.923. The molecule has 0 aliphatic heterocycles. The summed E-state index contributed by atoms with van der Waals surface area (Å²) in [6.45, 7) is 4.66. The Morgan fingerprint density at radius 1 is 1.12 bits per heavy atom. The lowest BCUT2D eigenvalue weighted by atomic mass is 9.50. The van der Waals surface area contributed by atoms with Crippen LogP contribution in [0.5, 0.6) is 0 Å². The van der Waals surface area contributed by atoms with Crippen LogP contribution in [0.25, 0.3) is 0 Å². The minimum absolute atomic E-state index is 0.233. The standard InChI is InChI=1S/C13H23NO2/c1-11(2)4-6-12(7-5-11)8-13(14,9-12)10(15)16-3/h4-9,14H2,1-3H3. The van der Waals surface area contributed by atoms with E-state index in [2.05, 4.69) is 13.8 Å². The van der Waals surface area contributed by atoms with Crippen molar-refractivity contribution in [1.82, 2.24) is 0 Å². The molecular formula is C13H23NO2. The predicted octanol–water partition coefficient (Wildman–Crippen LogP) is 2.24. The van der Waals surface area contributed by atoms with Crippen molar-refractivity contribution in [1.29, 1.82) is 0 Å². The van der Waals surface area contributed by atoms with Gasteiger partial charge < -0.3 is 10.5 Å². The van der Waals surface area contributed by atoms with Gasteiger partial charge in [-0.3, -0.25) is 4.79 Å². The number of nitrogens with two attached hydrogens (primary N) is 1. The van der Waals surface area contributed by atoms with Gasteiger partial charge in [-0.15, -0.1) is 0 Å². The lowest BCUT2D eigenvalue weighted by molar-refractivity contribution is -0.160. The molecule has 0 atom stereocenters. The van der Waals surface area contributed by atoms with E-state index in [-0.39, 0.29) is 5.97 Å². The number of hydrogen-bond donors (Lipinski definition) is 1. The molecule has 0 radical (unpaired) electrons. The topological polar surface area (TPSA) is 52.3 Å². The van der Waals surface area contributed by atoms with E-state index in [4.69, 9.17) is 10.5 Å². The number of ether oxygens (including phenoxy) is 1. The van der Waals surface area contributed by atoms with Gasteiger partial charge in [-0.1, -0.05) is 13.8 Å². The summed E-state index contributed by atoms with van der Waals surface area (Å²) in [5.41, 5.74) is 6.19. The van der Waals surface area contributed by atoms with Crippen molar-refractivity contribution in [3.63, 3.8) is 0 Å². The summed E-state index contributed by atoms with van der Waals surface area (Å²) in [4.78, 5) is 11.5. The van der Waals surface area contributed by atoms with Gasteiger partial charge in [-0.2, -0.15) is 0 Å². The zero-order valence-corrected chi connectivity index (χ0v) is 10.6. The van der Waals surface area contributed by atoms with E-state index in [1.54, 1.807) is 0 Å². The maximum Gasteiger partial charge on any atom is 0.325 e. The van der Waals surface area contributed by atoms with Crippen LogP contribution in [-0.4, -0.2) is 18.6 Å². The van der Waals surface area contributed by atoms with Crippen molar-refractivity contribution in [3.05, 3.63) is 0 Å². The molecule has 0 heterocycles. The van der Waals surface area contributed by atoms with E-state index in [0.717, 1.165) is 12.8 Å². The first-order chi connectivity index (χ1) is 7.31. The molecular weight excluding hydrogens is 202 g/mol. The van der Waals surface area contributed by atoms with Crippen molar-refractivity contribution >= 4 is 5.97 Å². The molecule has 2 aliphatic carbocycles. The van der Waals surface area contributed by atoms with Crippen molar-refractivity contribution in [2.24, 2.45) is 16.6 Å². The van der Waals surface area contributed by atoms with Crippen LogP contribution in [0.1, 0.15) is 52.4 Å². The lowest BCUT2D eigenvalue weighted by Crippen LogP contribution is -2.64. The number of carbonyl (C=O) groups is 1. The molecule has 92 valence electrons. The highest BCUT2D eigenvalue weighted by molar-refractivity contribution is 5.82. The zero-order chi connectivity index (χ0) is 12.0. The second kappa shape index (κ2) is 3.46. The van der Waals surface area contributed by atoms with Crippen molar-refractivity contribution in [3.8, 4) is 0 Å². The molecule has 3 nitrogen and oxygen atoms in total. The third-order valence-corrected chi connectivity index (χ3v) is 4.64. The maximum absolute atomic E-state index is 11.5. The Hall–Kier alpha value is -0.570. The first kappa shape index (κ1) is 11.9. The first-order valence-electron chi connectivity index (χ1n) is 6.18. The van der Waals surface area contributed by atoms with Gasteiger partial charge in [0, 0.05) is 0 Å². The van der Waals surface area contributed by atoms with Crippen LogP contribution < -0.4 is 5.73 Å². The third-order valence-electron chi connectivity index (χ3n) is 4.64. The quantitative estimate of drug-likeness (QED) is 0.696. The molecule has 0 saturated heterocycles. The SMILES string of the molecule is COC(=O)C1(N)CC2(CCC(C)(C)CC2)C1. The second-order valence-corrected chi connectivity index (χ2v) is 6.67. The van der Waals surface area contributed by atoms with E-state index in [1.807, 2.05) is 0 Å². The second-order valence-electron chi connectivity index (χ2n) is 6.67. The third kappa shape index (κ3) is 1.86. The summed E-state index contributed by atoms with van der Waals surface area (Å²) < 4.78 is 4.77. The maximum atomic E-state index is 11.5. The molecule has 2 aliphatic rings. The highest BCUT2D eigenvalue weighted by atomic mass is 16.5. The average molecular weight is 225 g/mol. The Bertz CT molecular complexity index is 291. The number of methoxy groups -OCH3 is 1. The van der Waals surface area contributed by atoms with Gasteiger partial charge in [0.15, 0.2) is 0 Å². The molecule has 2 N–H and O–H groups in total. The van der Waals surface area contributed by atoms with Crippen LogP contribution in [0.3, 0.4) is 0 Å². The number of esters is 1. The molecule has 1 spiro atoms. The summed E-state index contributed by atoms with van der Waals surface area (Å²) in [5, 5.41) is 0. The number of rotatable bonds is 1. The summed E-state index contributed by atoms with van der Waals surface area (Å²) in [5.74, 6) is -0.233. The summed E-state index contributed by atoms with van der Waals surface area (Å²) >= 11 is 0. The van der Waals surface area contributed by atoms with E-state index < -0.39 is 5.54 Å². The fourth-order valence-corrected chi connectivity index (χ4v) is 3.44. The Kier molecular flexibility index (Phi) is 2.57. The molecule has 0 unspecified atom stereocenters. The summed E-state index contributed by atoms with van der Waals surface area (Å²) in [6, 6.07) is 0. The Balaban J connectivity index is 1.95. The van der Waals surface area contributed by atoms with Gasteiger partial charge in [0.25, 0.3) is 0 Å². The fourth-order valence-electron chi connectivity index (χ4n) is 3.44. The van der Waals surface area contributed by atoms with E-state index in [9.17, 15) is 4.79 Å². The molecule has 2 rings (SSSR count). The highest BCUT2D eigenvalue weighted by Gasteiger charge is 2.58. The Morgan fingerprint density at radius 2 is 1.62 bits per heavy atom. The zero-order valence-electron chi connectivity index (χ0n) is 10.6. The van der Waals surface area contributed by atoms with Crippen LogP contribution in [-0.2, 0) is 9.53 Å². The molecule has 16 heavy (non-hydrogen) atoms. The van der Waals surface area contributed by atoms with Crippen LogP contribution >= 0.6 is 0 Å². The van der Waals surface area contributed by atoms with Crippen molar-refractivity contribution in [2.45, 2.75) is 57.9 Å². The Labute approximate surface area is 97.7 Å². The molecule has 0 aromatic carbocycles. The van der Waals surface area contributed by atoms with Gasteiger partial charge >= 0.3 is 5.97 Å². The smallest absolute Gasteiger partial charge is 0.325 e. The lowest BCUT2D eigenvalue weighted by Gasteiger charge is -2.56. The number of hydrogen-bond acceptors (Lipinski definition) is 3. The van der Waals surface area contributed by atoms with Gasteiger partial charge in [0.05, 0.1) is 7.11 Å². The molecule has 3 heteroatoms. The van der Waals surface area contributed by atoms with Gasteiger partial charge in [0.2, 0.25) is 0 Å². The van der Waals surface area contributed by atoms with Gasteiger partial charge in [0.1, 0.15) is 5.54 Å². The average Bonchev–Trinajstić information content (AvgIpc) is 2.18. The van der Waals surface area contributed by atoms with Gasteiger partial charge in [-0.05, 0) is 49.4 Å². The summed E-state index contributed by atoms with van der Waals surface area (Å²) in [6.07, 6.45) is 6.59. The molecule has 0 bridgehead atoms. The molecule has 0 aromatic heterocycles. The molecule has 2 fully saturated rings. The van der Waals surface area contributed by atoms with Crippen molar-refractivity contribution < 1.29 is 9.53 Å². The minimum Gasteiger partial charge on any atom is -0.468 e. The van der Waals surface area contributed by atoms with Crippen molar-refractivity contribution in [2.75, 3.05) is 7.11 Å². The highest BCUT2D eigenvalue weighted by Crippen LogP contribution is 2.58. The van der Waals surface area contributed by atoms with E-state index >= 15 is 0 Å². The van der Waals surface area contributed by atoms with Crippen LogP contribution in [0, 0.1) is 10.8 Å². The number of carbonyl (C=O) groups excluding carboxylic acids is 1. The van der Waals surface area contributed by atoms with E-state index in [0.29, 0.717) is 10.8 Å². The largest absolute Gasteiger partial charge is 0.468 e. The summed E-state index contributed by atoms with van der Waals surface area (Å²) in [7, 11) is 1.42.